The van der Waals surface area contributed by atoms with Gasteiger partial charge >= 0.3 is 0 Å². The molecule has 2 rings (SSSR count). The molecule has 2 aromatic rings. The number of rotatable bonds is 5. The fraction of sp³-hybridized carbons (Fsp3) is 0.467. The fourth-order valence-corrected chi connectivity index (χ4v) is 2.31. The number of aromatic amines is 1. The highest BCUT2D eigenvalue weighted by Crippen LogP contribution is 2.29. The fourth-order valence-electron chi connectivity index (χ4n) is 2.31. The average Bonchev–Trinajstić information content (AvgIpc) is 2.62. The zero-order valence-corrected chi connectivity index (χ0v) is 11.5. The quantitative estimate of drug-likeness (QED) is 0.757. The molecule has 3 nitrogen and oxygen atoms in total. The molecule has 0 saturated heterocycles. The van der Waals surface area contributed by atoms with Gasteiger partial charge in [0.15, 0.2) is 0 Å². The Hall–Kier alpha value is -1.48. The minimum Gasteiger partial charge on any atom is -0.383 e. The topological polar surface area (TPSA) is 53.8 Å². The molecule has 0 spiro atoms. The highest BCUT2D eigenvalue weighted by Gasteiger charge is 2.17. The van der Waals surface area contributed by atoms with Gasteiger partial charge in [-0.25, -0.2) is 0 Å². The van der Waals surface area contributed by atoms with Gasteiger partial charge in [0.05, 0.1) is 5.69 Å². The van der Waals surface area contributed by atoms with Gasteiger partial charge in [-0.2, -0.15) is 0 Å². The van der Waals surface area contributed by atoms with Gasteiger partial charge in [0.2, 0.25) is 0 Å². The maximum atomic E-state index is 5.65. The predicted molar refractivity (Wildman–Crippen MR) is 79.0 cm³/mol. The lowest BCUT2D eigenvalue weighted by Gasteiger charge is -2.24. The van der Waals surface area contributed by atoms with E-state index >= 15 is 0 Å². The van der Waals surface area contributed by atoms with Crippen molar-refractivity contribution in [2.45, 2.75) is 27.2 Å². The molecule has 0 saturated carbocycles. The van der Waals surface area contributed by atoms with E-state index in [0.29, 0.717) is 0 Å². The molecule has 1 aromatic carbocycles. The van der Waals surface area contributed by atoms with Crippen LogP contribution in [0.3, 0.4) is 0 Å². The molecule has 4 N–H and O–H groups in total. The maximum Gasteiger partial charge on any atom is 0.0628 e. The Morgan fingerprint density at radius 1 is 1.28 bits per heavy atom. The smallest absolute Gasteiger partial charge is 0.0628 e. The molecule has 3 heteroatoms. The van der Waals surface area contributed by atoms with Gasteiger partial charge in [0, 0.05) is 23.1 Å². The Kier molecular flexibility index (Phi) is 3.62. The minimum atomic E-state index is 0.222. The summed E-state index contributed by atoms with van der Waals surface area (Å²) in [5.74, 6) is 0. The van der Waals surface area contributed by atoms with Crippen molar-refractivity contribution in [2.75, 3.05) is 18.4 Å². The summed E-state index contributed by atoms with van der Waals surface area (Å²) in [5, 5.41) is 4.84. The van der Waals surface area contributed by atoms with Crippen molar-refractivity contribution in [3.05, 3.63) is 30.0 Å². The van der Waals surface area contributed by atoms with Crippen LogP contribution in [-0.2, 0) is 0 Å². The number of anilines is 1. The Labute approximate surface area is 109 Å². The number of hydrogen-bond donors (Lipinski definition) is 3. The van der Waals surface area contributed by atoms with Crippen LogP contribution >= 0.6 is 0 Å². The van der Waals surface area contributed by atoms with Gasteiger partial charge in [-0.1, -0.05) is 32.0 Å². The number of fused-ring (bicyclic) bond motifs is 1. The summed E-state index contributed by atoms with van der Waals surface area (Å²) in [4.78, 5) is 3.41. The number of nitrogens with one attached hydrogen (secondary N) is 2. The second-order valence-corrected chi connectivity index (χ2v) is 5.73. The largest absolute Gasteiger partial charge is 0.383 e. The molecule has 0 aliphatic rings. The summed E-state index contributed by atoms with van der Waals surface area (Å²) in [6.45, 7) is 8.28. The molecule has 0 radical (unpaired) electrons. The van der Waals surface area contributed by atoms with E-state index < -0.39 is 0 Å². The van der Waals surface area contributed by atoms with Crippen molar-refractivity contribution in [3.63, 3.8) is 0 Å². The molecule has 0 amide bonds. The van der Waals surface area contributed by atoms with E-state index in [4.69, 9.17) is 5.73 Å². The Bertz CT molecular complexity index is 526. The molecular formula is C15H23N3. The Morgan fingerprint density at radius 3 is 2.72 bits per heavy atom. The summed E-state index contributed by atoms with van der Waals surface area (Å²) >= 11 is 0. The molecule has 1 aromatic heterocycles. The highest BCUT2D eigenvalue weighted by atomic mass is 14.9. The van der Waals surface area contributed by atoms with Gasteiger partial charge in [-0.3, -0.25) is 0 Å². The van der Waals surface area contributed by atoms with Crippen LogP contribution in [0.25, 0.3) is 10.9 Å². The first-order valence-corrected chi connectivity index (χ1v) is 6.55. The van der Waals surface area contributed by atoms with Crippen molar-refractivity contribution in [2.24, 2.45) is 11.1 Å². The van der Waals surface area contributed by atoms with E-state index in [1.165, 1.54) is 22.3 Å². The molecule has 0 aliphatic carbocycles. The van der Waals surface area contributed by atoms with Gasteiger partial charge in [-0.15, -0.1) is 0 Å². The first-order valence-electron chi connectivity index (χ1n) is 6.55. The standard InChI is InChI=1S/C15H23N3/c1-11-14(17-10-15(2,3)8-9-16)12-6-4-5-7-13(12)18-11/h4-7,17-18H,8-10,16H2,1-3H3. The first kappa shape index (κ1) is 13.0. The number of para-hydroxylation sites is 1. The SMILES string of the molecule is Cc1[nH]c2ccccc2c1NCC(C)(C)CCN. The average molecular weight is 245 g/mol. The second-order valence-electron chi connectivity index (χ2n) is 5.73. The molecule has 18 heavy (non-hydrogen) atoms. The van der Waals surface area contributed by atoms with Crippen molar-refractivity contribution in [1.82, 2.24) is 4.98 Å². The van der Waals surface area contributed by atoms with Crippen molar-refractivity contribution in [1.29, 1.82) is 0 Å². The highest BCUT2D eigenvalue weighted by molar-refractivity contribution is 5.94. The van der Waals surface area contributed by atoms with Crippen LogP contribution in [0.15, 0.2) is 24.3 Å². The summed E-state index contributed by atoms with van der Waals surface area (Å²) in [6, 6.07) is 8.39. The molecule has 0 fully saturated rings. The lowest BCUT2D eigenvalue weighted by molar-refractivity contribution is 0.365. The van der Waals surface area contributed by atoms with E-state index in [1.54, 1.807) is 0 Å². The van der Waals surface area contributed by atoms with Crippen molar-refractivity contribution in [3.8, 4) is 0 Å². The predicted octanol–water partition coefficient (Wildman–Crippen LogP) is 3.26. The van der Waals surface area contributed by atoms with Gasteiger partial charge < -0.3 is 16.0 Å². The van der Waals surface area contributed by atoms with Gasteiger partial charge in [-0.05, 0) is 31.4 Å². The summed E-state index contributed by atoms with van der Waals surface area (Å²) in [6.07, 6.45) is 1.03. The molecule has 0 atom stereocenters. The molecule has 0 bridgehead atoms. The van der Waals surface area contributed by atoms with Crippen LogP contribution in [0.2, 0.25) is 0 Å². The third-order valence-corrected chi connectivity index (χ3v) is 3.46. The monoisotopic (exact) mass is 245 g/mol. The van der Waals surface area contributed by atoms with Crippen molar-refractivity contribution < 1.29 is 0 Å². The number of benzene rings is 1. The van der Waals surface area contributed by atoms with E-state index in [9.17, 15) is 0 Å². The van der Waals surface area contributed by atoms with Crippen LogP contribution < -0.4 is 11.1 Å². The molecule has 0 aliphatic heterocycles. The summed E-state index contributed by atoms with van der Waals surface area (Å²) in [7, 11) is 0. The molecule has 1 heterocycles. The number of H-pyrrole nitrogens is 1. The van der Waals surface area contributed by atoms with Gasteiger partial charge in [0.25, 0.3) is 0 Å². The van der Waals surface area contributed by atoms with Crippen LogP contribution in [0, 0.1) is 12.3 Å². The summed E-state index contributed by atoms with van der Waals surface area (Å²) < 4.78 is 0. The van der Waals surface area contributed by atoms with E-state index in [1.807, 2.05) is 0 Å². The van der Waals surface area contributed by atoms with E-state index in [-0.39, 0.29) is 5.41 Å². The lowest BCUT2D eigenvalue weighted by atomic mass is 9.89. The number of hydrogen-bond acceptors (Lipinski definition) is 2. The Balaban J connectivity index is 2.19. The van der Waals surface area contributed by atoms with Crippen LogP contribution in [0.4, 0.5) is 5.69 Å². The van der Waals surface area contributed by atoms with E-state index in [2.05, 4.69) is 55.3 Å². The second kappa shape index (κ2) is 5.02. The van der Waals surface area contributed by atoms with Crippen LogP contribution in [0.5, 0.6) is 0 Å². The lowest BCUT2D eigenvalue weighted by Crippen LogP contribution is -2.26. The van der Waals surface area contributed by atoms with E-state index in [0.717, 1.165) is 19.5 Å². The van der Waals surface area contributed by atoms with Crippen molar-refractivity contribution >= 4 is 16.6 Å². The summed E-state index contributed by atoms with van der Waals surface area (Å²) in [5.41, 5.74) is 9.47. The number of nitrogens with two attached hydrogens (primary N) is 1. The number of aryl methyl sites for hydroxylation is 1. The Morgan fingerprint density at radius 2 is 2.00 bits per heavy atom. The third-order valence-electron chi connectivity index (χ3n) is 3.46. The maximum absolute atomic E-state index is 5.65. The molecular weight excluding hydrogens is 222 g/mol. The van der Waals surface area contributed by atoms with Crippen LogP contribution in [-0.4, -0.2) is 18.1 Å². The van der Waals surface area contributed by atoms with Gasteiger partial charge in [0.1, 0.15) is 0 Å². The third kappa shape index (κ3) is 2.67. The molecule has 0 unspecified atom stereocenters. The zero-order valence-electron chi connectivity index (χ0n) is 11.5. The number of aromatic nitrogens is 1. The first-order chi connectivity index (χ1) is 8.53. The normalized spacial score (nSPS) is 12.0. The molecule has 98 valence electrons. The minimum absolute atomic E-state index is 0.222. The zero-order chi connectivity index (χ0) is 13.2. The van der Waals surface area contributed by atoms with Crippen LogP contribution in [0.1, 0.15) is 26.0 Å².